The first kappa shape index (κ1) is 17.5. The highest BCUT2D eigenvalue weighted by atomic mass is 16.4. The van der Waals surface area contributed by atoms with Gasteiger partial charge in [-0.2, -0.15) is 0 Å². The van der Waals surface area contributed by atoms with E-state index < -0.39 is 18.0 Å². The molecule has 0 bridgehead atoms. The maximum Gasteiger partial charge on any atom is 0.330 e. The predicted molar refractivity (Wildman–Crippen MR) is 101 cm³/mol. The van der Waals surface area contributed by atoms with Crippen molar-refractivity contribution in [2.75, 3.05) is 0 Å². The third-order valence-corrected chi connectivity index (χ3v) is 4.29. The smallest absolute Gasteiger partial charge is 0.330 e. The van der Waals surface area contributed by atoms with Crippen LogP contribution in [0.15, 0.2) is 72.8 Å². The molecule has 0 fully saturated rings. The van der Waals surface area contributed by atoms with E-state index in [1.165, 1.54) is 0 Å². The van der Waals surface area contributed by atoms with Crippen molar-refractivity contribution in [1.82, 2.24) is 10.6 Å². The maximum atomic E-state index is 12.4. The van der Waals surface area contributed by atoms with Crippen LogP contribution in [0, 0.1) is 0 Å². The van der Waals surface area contributed by atoms with Gasteiger partial charge in [0.15, 0.2) is 6.04 Å². The number of nitrogens with one attached hydrogen (secondary N) is 2. The van der Waals surface area contributed by atoms with Crippen LogP contribution in [0.5, 0.6) is 0 Å². The van der Waals surface area contributed by atoms with E-state index in [9.17, 15) is 14.7 Å². The lowest BCUT2D eigenvalue weighted by Gasteiger charge is -2.20. The average molecular weight is 348 g/mol. The Morgan fingerprint density at radius 2 is 1.50 bits per heavy atom. The van der Waals surface area contributed by atoms with Gasteiger partial charge in [0.05, 0.1) is 6.04 Å². The van der Waals surface area contributed by atoms with Gasteiger partial charge in [0, 0.05) is 0 Å². The fourth-order valence-corrected chi connectivity index (χ4v) is 3.01. The van der Waals surface area contributed by atoms with Gasteiger partial charge in [-0.3, -0.25) is 0 Å². The SMILES string of the molecule is C[C@@H](NC(=O)N[C@@H](C(=O)O)c1ccccc1)c1cccc2ccccc12. The standard InChI is InChI=1S/C21H20N2O3/c1-14(17-13-7-11-15-8-5-6-12-18(15)17)22-21(26)23-19(20(24)25)16-9-3-2-4-10-16/h2-14,19H,1H3,(H,24,25)(H2,22,23,26)/t14-,19-/m1/s1. The molecular formula is C21H20N2O3. The highest BCUT2D eigenvalue weighted by Crippen LogP contribution is 2.24. The van der Waals surface area contributed by atoms with Crippen LogP contribution in [-0.2, 0) is 4.79 Å². The largest absolute Gasteiger partial charge is 0.479 e. The van der Waals surface area contributed by atoms with Crippen molar-refractivity contribution < 1.29 is 14.7 Å². The summed E-state index contributed by atoms with van der Waals surface area (Å²) in [6, 6.07) is 20.6. The molecule has 2 amide bonds. The summed E-state index contributed by atoms with van der Waals surface area (Å²) in [7, 11) is 0. The van der Waals surface area contributed by atoms with Crippen LogP contribution in [0.25, 0.3) is 10.8 Å². The molecule has 3 N–H and O–H groups in total. The third-order valence-electron chi connectivity index (χ3n) is 4.29. The second-order valence-electron chi connectivity index (χ2n) is 6.09. The molecule has 26 heavy (non-hydrogen) atoms. The molecule has 5 nitrogen and oxygen atoms in total. The number of urea groups is 1. The molecule has 3 aromatic rings. The monoisotopic (exact) mass is 348 g/mol. The molecule has 0 heterocycles. The Morgan fingerprint density at radius 1 is 0.846 bits per heavy atom. The highest BCUT2D eigenvalue weighted by Gasteiger charge is 2.22. The first-order chi connectivity index (χ1) is 12.6. The Hall–Kier alpha value is -3.34. The first-order valence-electron chi connectivity index (χ1n) is 8.38. The Labute approximate surface area is 151 Å². The number of fused-ring (bicyclic) bond motifs is 1. The molecule has 3 aromatic carbocycles. The summed E-state index contributed by atoms with van der Waals surface area (Å²) in [6.07, 6.45) is 0. The summed E-state index contributed by atoms with van der Waals surface area (Å²) < 4.78 is 0. The van der Waals surface area contributed by atoms with Crippen LogP contribution in [0.1, 0.15) is 30.1 Å². The summed E-state index contributed by atoms with van der Waals surface area (Å²) in [5.41, 5.74) is 1.50. The van der Waals surface area contributed by atoms with Gasteiger partial charge in [-0.15, -0.1) is 0 Å². The van der Waals surface area contributed by atoms with E-state index in [2.05, 4.69) is 10.6 Å². The third kappa shape index (κ3) is 3.83. The zero-order valence-corrected chi connectivity index (χ0v) is 14.3. The fourth-order valence-electron chi connectivity index (χ4n) is 3.01. The number of carbonyl (C=O) groups excluding carboxylic acids is 1. The van der Waals surface area contributed by atoms with E-state index in [1.807, 2.05) is 49.4 Å². The van der Waals surface area contributed by atoms with Gasteiger partial charge in [0.1, 0.15) is 0 Å². The molecule has 0 aromatic heterocycles. The molecule has 0 radical (unpaired) electrons. The number of rotatable bonds is 5. The molecule has 0 aliphatic carbocycles. The zero-order valence-electron chi connectivity index (χ0n) is 14.3. The Morgan fingerprint density at radius 3 is 2.23 bits per heavy atom. The van der Waals surface area contributed by atoms with Crippen LogP contribution in [0.3, 0.4) is 0 Å². The number of carbonyl (C=O) groups is 2. The van der Waals surface area contributed by atoms with E-state index >= 15 is 0 Å². The second-order valence-corrected chi connectivity index (χ2v) is 6.09. The van der Waals surface area contributed by atoms with Crippen molar-refractivity contribution in [2.45, 2.75) is 19.0 Å². The molecule has 0 spiro atoms. The van der Waals surface area contributed by atoms with Crippen molar-refractivity contribution in [3.8, 4) is 0 Å². The number of carboxylic acids is 1. The number of carboxylic acid groups (broad SMARTS) is 1. The molecule has 0 unspecified atom stereocenters. The van der Waals surface area contributed by atoms with E-state index in [-0.39, 0.29) is 6.04 Å². The van der Waals surface area contributed by atoms with Gasteiger partial charge in [-0.1, -0.05) is 72.8 Å². The summed E-state index contributed by atoms with van der Waals surface area (Å²) in [6.45, 7) is 1.87. The number of amides is 2. The molecular weight excluding hydrogens is 328 g/mol. The molecule has 0 aliphatic heterocycles. The number of hydrogen-bond donors (Lipinski definition) is 3. The van der Waals surface area contributed by atoms with E-state index in [1.54, 1.807) is 30.3 Å². The van der Waals surface area contributed by atoms with Crippen molar-refractivity contribution in [3.63, 3.8) is 0 Å². The molecule has 2 atom stereocenters. The van der Waals surface area contributed by atoms with Gasteiger partial charge in [0.25, 0.3) is 0 Å². The summed E-state index contributed by atoms with van der Waals surface area (Å²) in [5.74, 6) is -1.11. The molecule has 0 saturated heterocycles. The lowest BCUT2D eigenvalue weighted by atomic mass is 10.00. The quantitative estimate of drug-likeness (QED) is 0.651. The molecule has 3 rings (SSSR count). The average Bonchev–Trinajstić information content (AvgIpc) is 2.66. The van der Waals surface area contributed by atoms with Gasteiger partial charge < -0.3 is 15.7 Å². The predicted octanol–water partition coefficient (Wildman–Crippen LogP) is 4.03. The topological polar surface area (TPSA) is 78.4 Å². The molecule has 5 heteroatoms. The van der Waals surface area contributed by atoms with Gasteiger partial charge in [-0.25, -0.2) is 9.59 Å². The summed E-state index contributed by atoms with van der Waals surface area (Å²) in [5, 5.41) is 16.9. The Bertz CT molecular complexity index is 919. The second kappa shape index (κ2) is 7.70. The van der Waals surface area contributed by atoms with E-state index in [0.29, 0.717) is 5.56 Å². The van der Waals surface area contributed by atoms with Gasteiger partial charge in [-0.05, 0) is 28.8 Å². The summed E-state index contributed by atoms with van der Waals surface area (Å²) >= 11 is 0. The summed E-state index contributed by atoms with van der Waals surface area (Å²) in [4.78, 5) is 23.9. The van der Waals surface area contributed by atoms with Gasteiger partial charge in [0.2, 0.25) is 0 Å². The zero-order chi connectivity index (χ0) is 18.5. The van der Waals surface area contributed by atoms with Crippen LogP contribution in [0.4, 0.5) is 4.79 Å². The van der Waals surface area contributed by atoms with Gasteiger partial charge >= 0.3 is 12.0 Å². The van der Waals surface area contributed by atoms with Crippen molar-refractivity contribution in [3.05, 3.63) is 83.9 Å². The fraction of sp³-hybridized carbons (Fsp3) is 0.143. The van der Waals surface area contributed by atoms with Crippen molar-refractivity contribution in [2.24, 2.45) is 0 Å². The Balaban J connectivity index is 1.75. The number of benzene rings is 3. The minimum atomic E-state index is -1.11. The van der Waals surface area contributed by atoms with Crippen LogP contribution >= 0.6 is 0 Å². The number of hydrogen-bond acceptors (Lipinski definition) is 2. The van der Waals surface area contributed by atoms with Crippen LogP contribution in [0.2, 0.25) is 0 Å². The first-order valence-corrected chi connectivity index (χ1v) is 8.38. The maximum absolute atomic E-state index is 12.4. The van der Waals surface area contributed by atoms with Crippen LogP contribution < -0.4 is 10.6 Å². The van der Waals surface area contributed by atoms with Crippen molar-refractivity contribution >= 4 is 22.8 Å². The normalized spacial score (nSPS) is 13.0. The molecule has 0 saturated carbocycles. The lowest BCUT2D eigenvalue weighted by Crippen LogP contribution is -2.41. The number of aliphatic carboxylic acids is 1. The minimum Gasteiger partial charge on any atom is -0.479 e. The van der Waals surface area contributed by atoms with E-state index in [0.717, 1.165) is 16.3 Å². The molecule has 0 aliphatic rings. The minimum absolute atomic E-state index is 0.272. The highest BCUT2D eigenvalue weighted by molar-refractivity contribution is 5.87. The van der Waals surface area contributed by atoms with Crippen molar-refractivity contribution in [1.29, 1.82) is 0 Å². The molecule has 132 valence electrons. The van der Waals surface area contributed by atoms with E-state index in [4.69, 9.17) is 0 Å². The van der Waals surface area contributed by atoms with Crippen LogP contribution in [-0.4, -0.2) is 17.1 Å². The lowest BCUT2D eigenvalue weighted by molar-refractivity contribution is -0.139. The Kier molecular flexibility index (Phi) is 5.17.